The highest BCUT2D eigenvalue weighted by Crippen LogP contribution is 2.49. The standard InChI is InChI=1S/C33H48O8/c1-7-32(35)23(5)13-14-31(41-32)18-26-17-25(40-31)12-11-21(3)15-20(2)9-8-10-24-19-38-29-28(37-6)22(4)16-27(30(34)39-26)33(24,29)36/h8-11,16,20,23,25-29,35-36H,7,12-15,17-19H2,1-6H3. The summed E-state index contributed by atoms with van der Waals surface area (Å²) in [5.74, 6) is -3.57. The van der Waals surface area contributed by atoms with Gasteiger partial charge in [-0.25, -0.2) is 0 Å². The van der Waals surface area contributed by atoms with Crippen LogP contribution in [0.3, 0.4) is 0 Å². The minimum atomic E-state index is -1.60. The predicted octanol–water partition coefficient (Wildman–Crippen LogP) is 4.90. The molecule has 0 radical (unpaired) electrons. The minimum Gasteiger partial charge on any atom is -0.462 e. The lowest BCUT2D eigenvalue weighted by Crippen LogP contribution is -2.60. The maximum atomic E-state index is 14.0. The molecule has 2 bridgehead atoms. The van der Waals surface area contributed by atoms with Gasteiger partial charge in [-0.2, -0.15) is 0 Å². The predicted molar refractivity (Wildman–Crippen MR) is 154 cm³/mol. The van der Waals surface area contributed by atoms with Crippen LogP contribution >= 0.6 is 0 Å². The van der Waals surface area contributed by atoms with Crippen molar-refractivity contribution in [2.75, 3.05) is 13.7 Å². The zero-order valence-corrected chi connectivity index (χ0v) is 25.4. The highest BCUT2D eigenvalue weighted by atomic mass is 16.8. The molecule has 0 aromatic carbocycles. The summed E-state index contributed by atoms with van der Waals surface area (Å²) in [6, 6.07) is 0. The lowest BCUT2D eigenvalue weighted by Gasteiger charge is -2.52. The van der Waals surface area contributed by atoms with E-state index in [1.165, 1.54) is 5.57 Å². The monoisotopic (exact) mass is 572 g/mol. The fourth-order valence-corrected chi connectivity index (χ4v) is 7.49. The molecule has 10 atom stereocenters. The van der Waals surface area contributed by atoms with Crippen LogP contribution in [0.2, 0.25) is 0 Å². The van der Waals surface area contributed by atoms with Crippen molar-refractivity contribution in [3.05, 3.63) is 47.1 Å². The van der Waals surface area contributed by atoms with E-state index in [0.717, 1.165) is 18.4 Å². The van der Waals surface area contributed by atoms with E-state index in [9.17, 15) is 15.0 Å². The summed E-state index contributed by atoms with van der Waals surface area (Å²) in [4.78, 5) is 14.0. The molecule has 5 aliphatic rings. The summed E-state index contributed by atoms with van der Waals surface area (Å²) < 4.78 is 31.1. The molecule has 3 fully saturated rings. The smallest absolute Gasteiger partial charge is 0.316 e. The molecule has 41 heavy (non-hydrogen) atoms. The lowest BCUT2D eigenvalue weighted by atomic mass is 9.70. The van der Waals surface area contributed by atoms with Crippen molar-refractivity contribution < 1.29 is 38.7 Å². The Morgan fingerprint density at radius 1 is 1.17 bits per heavy atom. The molecule has 1 spiro atoms. The van der Waals surface area contributed by atoms with Gasteiger partial charge in [0.1, 0.15) is 29.8 Å². The van der Waals surface area contributed by atoms with Crippen LogP contribution in [0.15, 0.2) is 47.1 Å². The largest absolute Gasteiger partial charge is 0.462 e. The summed E-state index contributed by atoms with van der Waals surface area (Å²) in [6.45, 7) is 10.3. The van der Waals surface area contributed by atoms with Crippen LogP contribution in [0.4, 0.5) is 0 Å². The molecule has 228 valence electrons. The summed E-state index contributed by atoms with van der Waals surface area (Å²) in [6.07, 6.45) is 12.2. The van der Waals surface area contributed by atoms with Crippen LogP contribution in [0.1, 0.15) is 79.6 Å². The van der Waals surface area contributed by atoms with Crippen LogP contribution in [0, 0.1) is 17.8 Å². The second-order valence-corrected chi connectivity index (χ2v) is 13.0. The van der Waals surface area contributed by atoms with Gasteiger partial charge in [0.05, 0.1) is 12.7 Å². The molecule has 0 saturated carbocycles. The molecule has 1 aliphatic carbocycles. The van der Waals surface area contributed by atoms with Gasteiger partial charge in [-0.1, -0.05) is 56.7 Å². The number of carbonyl (C=O) groups is 1. The van der Waals surface area contributed by atoms with Crippen molar-refractivity contribution in [3.8, 4) is 0 Å². The molecule has 0 aromatic rings. The number of esters is 1. The van der Waals surface area contributed by atoms with E-state index in [2.05, 4.69) is 26.0 Å². The molecule has 8 nitrogen and oxygen atoms in total. The molecule has 3 saturated heterocycles. The van der Waals surface area contributed by atoms with E-state index in [0.29, 0.717) is 37.7 Å². The zero-order chi connectivity index (χ0) is 29.6. The van der Waals surface area contributed by atoms with Crippen LogP contribution in [0.25, 0.3) is 0 Å². The average molecular weight is 573 g/mol. The molecule has 0 amide bonds. The van der Waals surface area contributed by atoms with E-state index < -0.39 is 47.4 Å². The van der Waals surface area contributed by atoms with Crippen molar-refractivity contribution in [1.82, 2.24) is 0 Å². The highest BCUT2D eigenvalue weighted by Gasteiger charge is 2.60. The molecule has 10 unspecified atom stereocenters. The lowest BCUT2D eigenvalue weighted by molar-refractivity contribution is -0.409. The first-order valence-electron chi connectivity index (χ1n) is 15.3. The summed E-state index contributed by atoms with van der Waals surface area (Å²) in [5.41, 5.74) is 1.11. The Morgan fingerprint density at radius 2 is 1.95 bits per heavy atom. The molecule has 4 heterocycles. The van der Waals surface area contributed by atoms with Crippen molar-refractivity contribution in [2.24, 2.45) is 17.8 Å². The highest BCUT2D eigenvalue weighted by molar-refractivity contribution is 5.78. The number of aliphatic hydroxyl groups is 2. The van der Waals surface area contributed by atoms with E-state index in [-0.39, 0.29) is 24.5 Å². The Morgan fingerprint density at radius 3 is 2.68 bits per heavy atom. The van der Waals surface area contributed by atoms with Gasteiger partial charge in [0.15, 0.2) is 11.6 Å². The van der Waals surface area contributed by atoms with Crippen molar-refractivity contribution in [2.45, 2.75) is 121 Å². The number of allylic oxidation sites excluding steroid dienone is 4. The van der Waals surface area contributed by atoms with Gasteiger partial charge in [-0.05, 0) is 56.6 Å². The van der Waals surface area contributed by atoms with E-state index in [4.69, 9.17) is 23.7 Å². The zero-order valence-electron chi connectivity index (χ0n) is 25.4. The van der Waals surface area contributed by atoms with Crippen LogP contribution in [-0.2, 0) is 28.5 Å². The molecule has 8 heteroatoms. The van der Waals surface area contributed by atoms with Gasteiger partial charge in [0.25, 0.3) is 0 Å². The van der Waals surface area contributed by atoms with Gasteiger partial charge < -0.3 is 33.9 Å². The fourth-order valence-electron chi connectivity index (χ4n) is 7.49. The Kier molecular flexibility index (Phi) is 8.74. The Bertz CT molecular complexity index is 1120. The Balaban J connectivity index is 1.53. The number of rotatable bonds is 2. The molecular weight excluding hydrogens is 524 g/mol. The molecule has 2 N–H and O–H groups in total. The second kappa shape index (κ2) is 11.7. The Hall–Kier alpha value is -1.81. The van der Waals surface area contributed by atoms with Gasteiger partial charge in [0, 0.05) is 32.3 Å². The van der Waals surface area contributed by atoms with Crippen LogP contribution < -0.4 is 0 Å². The van der Waals surface area contributed by atoms with Gasteiger partial charge in [-0.15, -0.1) is 0 Å². The maximum Gasteiger partial charge on any atom is 0.316 e. The third kappa shape index (κ3) is 5.76. The van der Waals surface area contributed by atoms with Gasteiger partial charge in [-0.3, -0.25) is 4.79 Å². The molecular formula is C33H48O8. The minimum absolute atomic E-state index is 0.0341. The number of hydrogen-bond acceptors (Lipinski definition) is 8. The number of fused-ring (bicyclic) bond motifs is 2. The Labute approximate surface area is 244 Å². The van der Waals surface area contributed by atoms with Crippen molar-refractivity contribution in [3.63, 3.8) is 0 Å². The van der Waals surface area contributed by atoms with Gasteiger partial charge in [0.2, 0.25) is 0 Å². The molecule has 5 rings (SSSR count). The van der Waals surface area contributed by atoms with Crippen molar-refractivity contribution in [1.29, 1.82) is 0 Å². The van der Waals surface area contributed by atoms with Gasteiger partial charge >= 0.3 is 5.97 Å². The van der Waals surface area contributed by atoms with Crippen LogP contribution in [0.5, 0.6) is 0 Å². The quantitative estimate of drug-likeness (QED) is 0.356. The topological polar surface area (TPSA) is 104 Å². The number of hydrogen-bond donors (Lipinski definition) is 2. The van der Waals surface area contributed by atoms with E-state index in [1.807, 2.05) is 32.9 Å². The summed E-state index contributed by atoms with van der Waals surface area (Å²) >= 11 is 0. The number of carbonyl (C=O) groups excluding carboxylic acids is 1. The SMILES string of the molecule is CCC1(O)OC2(CCC1C)CC1CC(CC=C(C)CC(C)C=CC=C3COC4C(OC)C(C)=CC(C(=O)O1)C34O)O2. The third-order valence-electron chi connectivity index (χ3n) is 9.94. The average Bonchev–Trinajstić information content (AvgIpc) is 3.25. The van der Waals surface area contributed by atoms with Crippen LogP contribution in [-0.4, -0.2) is 71.5 Å². The van der Waals surface area contributed by atoms with Crippen molar-refractivity contribution >= 4 is 5.97 Å². The summed E-state index contributed by atoms with van der Waals surface area (Å²) in [7, 11) is 1.59. The molecule has 0 aromatic heterocycles. The van der Waals surface area contributed by atoms with E-state index in [1.54, 1.807) is 13.2 Å². The second-order valence-electron chi connectivity index (χ2n) is 13.0. The first-order valence-corrected chi connectivity index (χ1v) is 15.3. The normalized spacial score (nSPS) is 45.4. The number of methoxy groups -OCH3 is 1. The fraction of sp³-hybridized carbons (Fsp3) is 0.727. The third-order valence-corrected chi connectivity index (χ3v) is 9.94. The molecule has 4 aliphatic heterocycles. The first kappa shape index (κ1) is 30.6. The maximum absolute atomic E-state index is 14.0. The first-order chi connectivity index (χ1) is 19.4. The summed E-state index contributed by atoms with van der Waals surface area (Å²) in [5, 5.41) is 23.6. The van der Waals surface area contributed by atoms with E-state index >= 15 is 0 Å². The number of ether oxygens (including phenoxy) is 5.